The fourth-order valence-corrected chi connectivity index (χ4v) is 4.80. The number of carbonyl (C=O) groups is 2. The van der Waals surface area contributed by atoms with Crippen molar-refractivity contribution in [1.29, 1.82) is 0 Å². The van der Waals surface area contributed by atoms with Crippen LogP contribution in [0.5, 0.6) is 0 Å². The largest absolute Gasteiger partial charge is 0.354 e. The molecule has 0 saturated carbocycles. The van der Waals surface area contributed by atoms with Gasteiger partial charge in [0.15, 0.2) is 0 Å². The van der Waals surface area contributed by atoms with Crippen LogP contribution in [0.4, 0.5) is 4.39 Å². The minimum absolute atomic E-state index is 0.131. The molecule has 0 radical (unpaired) electrons. The van der Waals surface area contributed by atoms with Gasteiger partial charge >= 0.3 is 0 Å². The van der Waals surface area contributed by atoms with Crippen molar-refractivity contribution >= 4 is 23.5 Å². The maximum absolute atomic E-state index is 14.0. The van der Waals surface area contributed by atoms with E-state index >= 15 is 0 Å². The summed E-state index contributed by atoms with van der Waals surface area (Å²) in [7, 11) is 0. The van der Waals surface area contributed by atoms with Crippen LogP contribution in [-0.2, 0) is 16.0 Å². The number of thiazole rings is 1. The second-order valence-corrected chi connectivity index (χ2v) is 9.67. The van der Waals surface area contributed by atoms with Crippen molar-refractivity contribution < 1.29 is 14.0 Å². The number of likely N-dealkylation sites (tertiary alicyclic amines) is 1. The van der Waals surface area contributed by atoms with Gasteiger partial charge in [0, 0.05) is 32.5 Å². The molecule has 1 aliphatic heterocycles. The molecule has 0 aliphatic carbocycles. The second kappa shape index (κ2) is 9.79. The molecular formula is C23H30FN3O2S. The Labute approximate surface area is 181 Å². The number of halogens is 1. The Morgan fingerprint density at radius 3 is 2.73 bits per heavy atom. The molecule has 1 aromatic heterocycles. The molecule has 1 saturated heterocycles. The Kier molecular flexibility index (Phi) is 7.36. The third kappa shape index (κ3) is 5.73. The number of aromatic nitrogens is 1. The van der Waals surface area contributed by atoms with Gasteiger partial charge in [0.1, 0.15) is 12.5 Å². The fourth-order valence-electron chi connectivity index (χ4n) is 3.98. The zero-order valence-electron chi connectivity index (χ0n) is 17.9. The van der Waals surface area contributed by atoms with Gasteiger partial charge in [-0.3, -0.25) is 9.69 Å². The average Bonchev–Trinajstić information content (AvgIpc) is 3.27. The van der Waals surface area contributed by atoms with E-state index in [-0.39, 0.29) is 24.3 Å². The molecule has 1 N–H and O–H groups in total. The summed E-state index contributed by atoms with van der Waals surface area (Å²) in [6, 6.07) is 7.84. The maximum atomic E-state index is 14.0. The van der Waals surface area contributed by atoms with E-state index in [1.807, 2.05) is 31.2 Å². The lowest BCUT2D eigenvalue weighted by molar-refractivity contribution is -0.125. The normalized spacial score (nSPS) is 19.7. The lowest BCUT2D eigenvalue weighted by atomic mass is 9.89. The SMILES string of the molecule is Cc1ncsc1-c1ccc(CCNC(=O)[C@@H]2C[C@H](F)CN2CC(C)(C)CC=O)cc1. The van der Waals surface area contributed by atoms with Crippen LogP contribution < -0.4 is 5.32 Å². The maximum Gasteiger partial charge on any atom is 0.237 e. The summed E-state index contributed by atoms with van der Waals surface area (Å²) < 4.78 is 14.0. The predicted octanol–water partition coefficient (Wildman–Crippen LogP) is 3.80. The minimum atomic E-state index is -1.00. The molecular weight excluding hydrogens is 401 g/mol. The third-order valence-corrected chi connectivity index (χ3v) is 6.57. The van der Waals surface area contributed by atoms with Crippen molar-refractivity contribution in [3.8, 4) is 10.4 Å². The van der Waals surface area contributed by atoms with Crippen LogP contribution in [0.1, 0.15) is 37.9 Å². The molecule has 1 fully saturated rings. The van der Waals surface area contributed by atoms with Gasteiger partial charge in [0.05, 0.1) is 22.1 Å². The van der Waals surface area contributed by atoms with Gasteiger partial charge in [-0.25, -0.2) is 9.37 Å². The number of aldehydes is 1. The van der Waals surface area contributed by atoms with Crippen LogP contribution in [-0.4, -0.2) is 53.9 Å². The molecule has 3 rings (SSSR count). The summed E-state index contributed by atoms with van der Waals surface area (Å²) in [4.78, 5) is 30.9. The van der Waals surface area contributed by atoms with Gasteiger partial charge < -0.3 is 10.1 Å². The highest BCUT2D eigenvalue weighted by Gasteiger charge is 2.39. The molecule has 30 heavy (non-hydrogen) atoms. The Morgan fingerprint density at radius 1 is 1.37 bits per heavy atom. The number of alkyl halides is 1. The van der Waals surface area contributed by atoms with Gasteiger partial charge in [0.25, 0.3) is 0 Å². The van der Waals surface area contributed by atoms with Crippen LogP contribution in [0.2, 0.25) is 0 Å². The lowest BCUT2D eigenvalue weighted by Crippen LogP contribution is -2.46. The van der Waals surface area contributed by atoms with Crippen LogP contribution in [0, 0.1) is 12.3 Å². The molecule has 1 aliphatic rings. The summed E-state index contributed by atoms with van der Waals surface area (Å²) in [5.41, 5.74) is 4.89. The second-order valence-electron chi connectivity index (χ2n) is 8.82. The quantitative estimate of drug-likeness (QED) is 0.614. The molecule has 1 amide bonds. The van der Waals surface area contributed by atoms with Crippen molar-refractivity contribution in [2.75, 3.05) is 19.6 Å². The molecule has 0 spiro atoms. The zero-order chi connectivity index (χ0) is 21.7. The monoisotopic (exact) mass is 431 g/mol. The van der Waals surface area contributed by atoms with E-state index in [2.05, 4.69) is 34.6 Å². The number of hydrogen-bond donors (Lipinski definition) is 1. The highest BCUT2D eigenvalue weighted by Crippen LogP contribution is 2.28. The summed E-state index contributed by atoms with van der Waals surface area (Å²) in [5.74, 6) is -0.131. The molecule has 1 aromatic carbocycles. The number of aryl methyl sites for hydroxylation is 1. The van der Waals surface area contributed by atoms with E-state index in [1.165, 1.54) is 4.88 Å². The molecule has 7 heteroatoms. The number of nitrogens with zero attached hydrogens (tertiary/aromatic N) is 2. The summed E-state index contributed by atoms with van der Waals surface area (Å²) in [5, 5.41) is 2.97. The number of amides is 1. The van der Waals surface area contributed by atoms with Gasteiger partial charge in [-0.05, 0) is 29.9 Å². The number of nitrogens with one attached hydrogen (secondary N) is 1. The molecule has 2 atom stereocenters. The van der Waals surface area contributed by atoms with Crippen molar-refractivity contribution in [1.82, 2.24) is 15.2 Å². The Balaban J connectivity index is 1.52. The molecule has 162 valence electrons. The van der Waals surface area contributed by atoms with Gasteiger partial charge in [-0.1, -0.05) is 38.1 Å². The van der Waals surface area contributed by atoms with Crippen molar-refractivity contribution in [3.05, 3.63) is 41.0 Å². The first-order valence-corrected chi connectivity index (χ1v) is 11.3. The first kappa shape index (κ1) is 22.6. The minimum Gasteiger partial charge on any atom is -0.354 e. The standard InChI is InChI=1S/C23H30FN3O2S/c1-16-21(30-15-26-16)18-6-4-17(5-7-18)8-10-25-22(29)20-12-19(24)13-27(20)14-23(2,3)9-11-28/h4-7,11,15,19-20H,8-10,12-14H2,1-3H3,(H,25,29)/t19-,20-/m0/s1. The van der Waals surface area contributed by atoms with Crippen LogP contribution >= 0.6 is 11.3 Å². The van der Waals surface area contributed by atoms with E-state index in [0.29, 0.717) is 19.5 Å². The van der Waals surface area contributed by atoms with Crippen LogP contribution in [0.25, 0.3) is 10.4 Å². The lowest BCUT2D eigenvalue weighted by Gasteiger charge is -2.31. The van der Waals surface area contributed by atoms with E-state index in [4.69, 9.17) is 0 Å². The van der Waals surface area contributed by atoms with E-state index in [9.17, 15) is 14.0 Å². The Bertz CT molecular complexity index is 866. The molecule has 0 unspecified atom stereocenters. The van der Waals surface area contributed by atoms with Crippen molar-refractivity contribution in [2.24, 2.45) is 5.41 Å². The molecule has 0 bridgehead atoms. The highest BCUT2D eigenvalue weighted by molar-refractivity contribution is 7.13. The first-order chi connectivity index (χ1) is 14.3. The summed E-state index contributed by atoms with van der Waals surface area (Å²) in [6.07, 6.45) is 1.21. The third-order valence-electron chi connectivity index (χ3n) is 5.60. The topological polar surface area (TPSA) is 62.3 Å². The smallest absolute Gasteiger partial charge is 0.237 e. The first-order valence-electron chi connectivity index (χ1n) is 10.4. The highest BCUT2D eigenvalue weighted by atomic mass is 32.1. The molecule has 5 nitrogen and oxygen atoms in total. The average molecular weight is 432 g/mol. The predicted molar refractivity (Wildman–Crippen MR) is 118 cm³/mol. The number of rotatable bonds is 9. The zero-order valence-corrected chi connectivity index (χ0v) is 18.7. The fraction of sp³-hybridized carbons (Fsp3) is 0.522. The van der Waals surface area contributed by atoms with Gasteiger partial charge in [-0.15, -0.1) is 11.3 Å². The van der Waals surface area contributed by atoms with Crippen molar-refractivity contribution in [3.63, 3.8) is 0 Å². The molecule has 2 aromatic rings. The van der Waals surface area contributed by atoms with Gasteiger partial charge in [0.2, 0.25) is 5.91 Å². The van der Waals surface area contributed by atoms with E-state index in [1.54, 1.807) is 11.3 Å². The summed E-state index contributed by atoms with van der Waals surface area (Å²) in [6.45, 7) is 7.24. The molecule has 2 heterocycles. The van der Waals surface area contributed by atoms with Gasteiger partial charge in [-0.2, -0.15) is 0 Å². The Morgan fingerprint density at radius 2 is 2.10 bits per heavy atom. The number of carbonyl (C=O) groups excluding carboxylic acids is 2. The number of benzene rings is 1. The van der Waals surface area contributed by atoms with Crippen LogP contribution in [0.15, 0.2) is 29.8 Å². The summed E-state index contributed by atoms with van der Waals surface area (Å²) >= 11 is 1.63. The van der Waals surface area contributed by atoms with E-state index < -0.39 is 12.2 Å². The van der Waals surface area contributed by atoms with Crippen molar-refractivity contribution in [2.45, 2.75) is 52.2 Å². The van der Waals surface area contributed by atoms with E-state index in [0.717, 1.165) is 29.5 Å². The number of hydrogen-bond acceptors (Lipinski definition) is 5. The Hall–Kier alpha value is -2.12. The van der Waals surface area contributed by atoms with Crippen LogP contribution in [0.3, 0.4) is 0 Å².